The molecule has 0 spiro atoms. The van der Waals surface area contributed by atoms with Crippen LogP contribution in [0.15, 0.2) is 28.8 Å². The van der Waals surface area contributed by atoms with Crippen LogP contribution in [0, 0.1) is 27.7 Å². The largest absolute Gasteiger partial charge is 0.361 e. The van der Waals surface area contributed by atoms with E-state index in [0.717, 1.165) is 34.1 Å². The number of aromatic nitrogens is 3. The molecule has 0 saturated carbocycles. The smallest absolute Gasteiger partial charge is 0.253 e. The van der Waals surface area contributed by atoms with E-state index in [4.69, 9.17) is 16.1 Å². The number of nitrogens with zero attached hydrogens (tertiary/aromatic N) is 4. The Morgan fingerprint density at radius 1 is 1.15 bits per heavy atom. The van der Waals surface area contributed by atoms with Crippen molar-refractivity contribution < 1.29 is 9.32 Å². The summed E-state index contributed by atoms with van der Waals surface area (Å²) in [6.07, 6.45) is 0. The molecule has 0 aliphatic carbocycles. The molecule has 0 atom stereocenters. The summed E-state index contributed by atoms with van der Waals surface area (Å²) < 4.78 is 6.94. The third-order valence-corrected chi connectivity index (χ3v) is 5.03. The molecule has 0 bridgehead atoms. The molecule has 0 aliphatic heterocycles. The maximum absolute atomic E-state index is 12.7. The van der Waals surface area contributed by atoms with Gasteiger partial charge in [0.2, 0.25) is 0 Å². The number of benzene rings is 1. The van der Waals surface area contributed by atoms with Crippen LogP contribution in [0.4, 0.5) is 0 Å². The molecular formula is C19H21ClN4O2. The van der Waals surface area contributed by atoms with Gasteiger partial charge in [-0.05, 0) is 52.0 Å². The number of carbonyl (C=O) groups excluding carboxylic acids is 1. The van der Waals surface area contributed by atoms with Crippen molar-refractivity contribution in [2.75, 3.05) is 7.05 Å². The van der Waals surface area contributed by atoms with E-state index in [1.54, 1.807) is 28.8 Å². The predicted octanol–water partition coefficient (Wildman–Crippen LogP) is 4.02. The van der Waals surface area contributed by atoms with Gasteiger partial charge in [-0.2, -0.15) is 5.10 Å². The second-order valence-corrected chi connectivity index (χ2v) is 6.79. The van der Waals surface area contributed by atoms with Crippen molar-refractivity contribution in [3.05, 3.63) is 63.3 Å². The first-order valence-electron chi connectivity index (χ1n) is 8.29. The summed E-state index contributed by atoms with van der Waals surface area (Å²) in [6.45, 7) is 7.96. The Morgan fingerprint density at radius 2 is 1.81 bits per heavy atom. The van der Waals surface area contributed by atoms with Gasteiger partial charge in [-0.15, -0.1) is 0 Å². The second kappa shape index (κ2) is 6.96. The average Bonchev–Trinajstić information content (AvgIpc) is 3.08. The molecule has 0 aliphatic rings. The SMILES string of the molecule is Cc1nn(-c2ccc(C(=O)N(C)Cc3c(C)noc3C)cc2)c(C)c1Cl. The van der Waals surface area contributed by atoms with Crippen LogP contribution in [0.2, 0.25) is 5.02 Å². The highest BCUT2D eigenvalue weighted by molar-refractivity contribution is 6.31. The fourth-order valence-corrected chi connectivity index (χ4v) is 3.00. The molecule has 2 heterocycles. The van der Waals surface area contributed by atoms with Crippen molar-refractivity contribution in [2.45, 2.75) is 34.2 Å². The summed E-state index contributed by atoms with van der Waals surface area (Å²) in [6, 6.07) is 7.33. The summed E-state index contributed by atoms with van der Waals surface area (Å²) in [5.41, 5.74) is 4.87. The topological polar surface area (TPSA) is 64.2 Å². The molecule has 0 fully saturated rings. The summed E-state index contributed by atoms with van der Waals surface area (Å²) >= 11 is 6.21. The minimum Gasteiger partial charge on any atom is -0.361 e. The van der Waals surface area contributed by atoms with Crippen LogP contribution in [-0.2, 0) is 6.54 Å². The van der Waals surface area contributed by atoms with E-state index < -0.39 is 0 Å². The number of halogens is 1. The quantitative estimate of drug-likeness (QED) is 0.693. The first-order valence-corrected chi connectivity index (χ1v) is 8.66. The third-order valence-electron chi connectivity index (χ3n) is 4.49. The van der Waals surface area contributed by atoms with E-state index in [1.165, 1.54) is 0 Å². The van der Waals surface area contributed by atoms with Gasteiger partial charge in [0.1, 0.15) is 5.76 Å². The highest BCUT2D eigenvalue weighted by Gasteiger charge is 2.17. The molecule has 0 N–H and O–H groups in total. The fourth-order valence-electron chi connectivity index (χ4n) is 2.88. The predicted molar refractivity (Wildman–Crippen MR) is 99.8 cm³/mol. The number of aryl methyl sites for hydroxylation is 3. The molecule has 6 nitrogen and oxygen atoms in total. The highest BCUT2D eigenvalue weighted by Crippen LogP contribution is 2.23. The van der Waals surface area contributed by atoms with Gasteiger partial charge >= 0.3 is 0 Å². The lowest BCUT2D eigenvalue weighted by Crippen LogP contribution is -2.26. The zero-order chi connectivity index (χ0) is 19.0. The lowest BCUT2D eigenvalue weighted by Gasteiger charge is -2.17. The van der Waals surface area contributed by atoms with Crippen molar-refractivity contribution in [3.8, 4) is 5.69 Å². The number of rotatable bonds is 4. The average molecular weight is 373 g/mol. The Labute approximate surface area is 157 Å². The zero-order valence-electron chi connectivity index (χ0n) is 15.5. The van der Waals surface area contributed by atoms with Crippen LogP contribution in [-0.4, -0.2) is 32.8 Å². The molecule has 26 heavy (non-hydrogen) atoms. The standard InChI is InChI=1S/C19H21ClN4O2/c1-11-17(14(4)26-22-11)10-23(5)19(25)15-6-8-16(9-7-15)24-13(3)18(20)12(2)21-24/h6-9H,10H2,1-5H3. The lowest BCUT2D eigenvalue weighted by molar-refractivity contribution is 0.0784. The Morgan fingerprint density at radius 3 is 2.31 bits per heavy atom. The maximum atomic E-state index is 12.7. The van der Waals surface area contributed by atoms with E-state index in [1.807, 2.05) is 39.8 Å². The van der Waals surface area contributed by atoms with E-state index >= 15 is 0 Å². The molecule has 3 rings (SSSR count). The van der Waals surface area contributed by atoms with Gasteiger partial charge in [-0.1, -0.05) is 16.8 Å². The second-order valence-electron chi connectivity index (χ2n) is 6.41. The molecule has 0 unspecified atom stereocenters. The molecule has 1 aromatic carbocycles. The molecule has 0 radical (unpaired) electrons. The Balaban J connectivity index is 1.79. The molecule has 3 aromatic rings. The molecule has 0 saturated heterocycles. The summed E-state index contributed by atoms with van der Waals surface area (Å²) in [5, 5.41) is 9.02. The molecule has 7 heteroatoms. The van der Waals surface area contributed by atoms with E-state index in [0.29, 0.717) is 17.1 Å². The van der Waals surface area contributed by atoms with E-state index in [9.17, 15) is 4.79 Å². The van der Waals surface area contributed by atoms with Gasteiger partial charge in [0.25, 0.3) is 5.91 Å². The summed E-state index contributed by atoms with van der Waals surface area (Å²) in [5.74, 6) is 0.668. The van der Waals surface area contributed by atoms with Gasteiger partial charge < -0.3 is 9.42 Å². The van der Waals surface area contributed by atoms with Gasteiger partial charge in [0.05, 0.1) is 34.3 Å². The molecule has 2 aromatic heterocycles. The minimum absolute atomic E-state index is 0.0667. The van der Waals surface area contributed by atoms with Crippen LogP contribution in [0.5, 0.6) is 0 Å². The minimum atomic E-state index is -0.0667. The van der Waals surface area contributed by atoms with E-state index in [2.05, 4.69) is 10.3 Å². The highest BCUT2D eigenvalue weighted by atomic mass is 35.5. The van der Waals surface area contributed by atoms with E-state index in [-0.39, 0.29) is 5.91 Å². The first-order chi connectivity index (χ1) is 12.3. The van der Waals surface area contributed by atoms with Crippen LogP contribution < -0.4 is 0 Å². The number of amides is 1. The molecule has 136 valence electrons. The lowest BCUT2D eigenvalue weighted by atomic mass is 10.1. The Hall–Kier alpha value is -2.60. The fraction of sp³-hybridized carbons (Fsp3) is 0.316. The zero-order valence-corrected chi connectivity index (χ0v) is 16.3. The summed E-state index contributed by atoms with van der Waals surface area (Å²) in [7, 11) is 1.77. The first kappa shape index (κ1) is 18.2. The van der Waals surface area contributed by atoms with Crippen molar-refractivity contribution in [1.29, 1.82) is 0 Å². The van der Waals surface area contributed by atoms with Crippen LogP contribution in [0.25, 0.3) is 5.69 Å². The van der Waals surface area contributed by atoms with Gasteiger partial charge in [-0.3, -0.25) is 4.79 Å². The maximum Gasteiger partial charge on any atom is 0.253 e. The Kier molecular flexibility index (Phi) is 4.87. The molecule has 1 amide bonds. The summed E-state index contributed by atoms with van der Waals surface area (Å²) in [4.78, 5) is 14.4. The molecular weight excluding hydrogens is 352 g/mol. The number of hydrogen-bond acceptors (Lipinski definition) is 4. The van der Waals surface area contributed by atoms with Gasteiger partial charge in [0, 0.05) is 18.2 Å². The van der Waals surface area contributed by atoms with Gasteiger partial charge in [-0.25, -0.2) is 4.68 Å². The van der Waals surface area contributed by atoms with Crippen molar-refractivity contribution in [1.82, 2.24) is 19.8 Å². The van der Waals surface area contributed by atoms with Crippen molar-refractivity contribution in [2.24, 2.45) is 0 Å². The van der Waals surface area contributed by atoms with Crippen LogP contribution >= 0.6 is 11.6 Å². The monoisotopic (exact) mass is 372 g/mol. The van der Waals surface area contributed by atoms with Crippen molar-refractivity contribution in [3.63, 3.8) is 0 Å². The van der Waals surface area contributed by atoms with Crippen LogP contribution in [0.1, 0.15) is 38.8 Å². The number of hydrogen-bond donors (Lipinski definition) is 0. The third kappa shape index (κ3) is 3.24. The van der Waals surface area contributed by atoms with Gasteiger partial charge in [0.15, 0.2) is 0 Å². The van der Waals surface area contributed by atoms with Crippen LogP contribution in [0.3, 0.4) is 0 Å². The van der Waals surface area contributed by atoms with Crippen molar-refractivity contribution >= 4 is 17.5 Å². The normalized spacial score (nSPS) is 11.0. The number of carbonyl (C=O) groups is 1. The Bertz CT molecular complexity index is 937.